The van der Waals surface area contributed by atoms with Crippen molar-refractivity contribution in [2.75, 3.05) is 0 Å². The minimum Gasteiger partial charge on any atom is -0.476 e. The lowest BCUT2D eigenvalue weighted by atomic mass is 10.2. The molecule has 0 fully saturated rings. The summed E-state index contributed by atoms with van der Waals surface area (Å²) >= 11 is 7.35. The van der Waals surface area contributed by atoms with Gasteiger partial charge in [-0.2, -0.15) is 0 Å². The van der Waals surface area contributed by atoms with Crippen LogP contribution in [0.4, 0.5) is 0 Å². The van der Waals surface area contributed by atoms with Crippen LogP contribution in [0.2, 0.25) is 5.02 Å². The molecule has 3 aromatic rings. The fourth-order valence-electron chi connectivity index (χ4n) is 1.78. The Morgan fingerprint density at radius 3 is 2.60 bits per heavy atom. The molecule has 0 saturated heterocycles. The van der Waals surface area contributed by atoms with E-state index in [9.17, 15) is 9.90 Å². The van der Waals surface area contributed by atoms with Crippen molar-refractivity contribution in [3.05, 3.63) is 52.5 Å². The summed E-state index contributed by atoms with van der Waals surface area (Å²) in [4.78, 5) is 15.9. The van der Waals surface area contributed by atoms with E-state index in [1.54, 1.807) is 23.6 Å². The molecule has 0 aliphatic rings. The second-order valence-corrected chi connectivity index (χ2v) is 5.29. The Balaban J connectivity index is 2.18. The molecule has 0 aliphatic carbocycles. The topological polar surface area (TPSA) is 63.3 Å². The van der Waals surface area contributed by atoms with Crippen LogP contribution < -0.4 is 0 Å². The molecule has 100 valence electrons. The number of carboxylic acids is 1. The summed E-state index contributed by atoms with van der Waals surface area (Å²) in [5, 5.41) is 11.5. The van der Waals surface area contributed by atoms with Crippen LogP contribution in [0.5, 0.6) is 0 Å². The van der Waals surface area contributed by atoms with Crippen LogP contribution in [0.1, 0.15) is 10.5 Å². The van der Waals surface area contributed by atoms with Crippen molar-refractivity contribution >= 4 is 28.9 Å². The van der Waals surface area contributed by atoms with Gasteiger partial charge in [0, 0.05) is 5.56 Å². The van der Waals surface area contributed by atoms with Gasteiger partial charge in [-0.1, -0.05) is 29.8 Å². The maximum atomic E-state index is 11.3. The molecule has 0 bridgehead atoms. The van der Waals surface area contributed by atoms with Crippen molar-refractivity contribution in [1.82, 2.24) is 4.98 Å². The highest BCUT2D eigenvalue weighted by Crippen LogP contribution is 2.37. The van der Waals surface area contributed by atoms with Crippen LogP contribution in [-0.2, 0) is 0 Å². The summed E-state index contributed by atoms with van der Waals surface area (Å²) < 4.78 is 5.62. The van der Waals surface area contributed by atoms with Gasteiger partial charge in [0.25, 0.3) is 0 Å². The lowest BCUT2D eigenvalue weighted by Gasteiger charge is -1.95. The van der Waals surface area contributed by atoms with E-state index in [-0.39, 0.29) is 17.3 Å². The van der Waals surface area contributed by atoms with Crippen molar-refractivity contribution in [3.8, 4) is 22.1 Å². The van der Waals surface area contributed by atoms with E-state index in [1.807, 2.05) is 18.2 Å². The molecule has 0 spiro atoms. The van der Waals surface area contributed by atoms with E-state index in [4.69, 9.17) is 16.0 Å². The van der Waals surface area contributed by atoms with Gasteiger partial charge in [0.05, 0.1) is 9.90 Å². The molecule has 0 amide bonds. The van der Waals surface area contributed by atoms with Crippen molar-refractivity contribution in [3.63, 3.8) is 0 Å². The summed E-state index contributed by atoms with van der Waals surface area (Å²) in [6.45, 7) is 0. The maximum absolute atomic E-state index is 11.3. The smallest absolute Gasteiger partial charge is 0.358 e. The largest absolute Gasteiger partial charge is 0.476 e. The van der Waals surface area contributed by atoms with Gasteiger partial charge in [0.1, 0.15) is 0 Å². The summed E-state index contributed by atoms with van der Waals surface area (Å²) in [5.41, 5.74) is 0.585. The predicted octanol–water partition coefficient (Wildman–Crippen LogP) is 4.42. The molecule has 4 nitrogen and oxygen atoms in total. The van der Waals surface area contributed by atoms with Gasteiger partial charge in [0.2, 0.25) is 5.89 Å². The first-order valence-electron chi connectivity index (χ1n) is 5.69. The fourth-order valence-corrected chi connectivity index (χ4v) is 2.90. The highest BCUT2D eigenvalue weighted by molar-refractivity contribution is 7.14. The van der Waals surface area contributed by atoms with Crippen LogP contribution >= 0.6 is 22.9 Å². The van der Waals surface area contributed by atoms with Crippen LogP contribution in [0, 0.1) is 0 Å². The number of carbonyl (C=O) groups is 1. The second kappa shape index (κ2) is 5.11. The molecule has 20 heavy (non-hydrogen) atoms. The van der Waals surface area contributed by atoms with Gasteiger partial charge in [-0.25, -0.2) is 9.78 Å². The first kappa shape index (κ1) is 12.9. The number of rotatable bonds is 3. The minimum absolute atomic E-state index is 0.131. The molecule has 2 heterocycles. The Bertz CT molecular complexity index is 764. The third-order valence-corrected chi connectivity index (χ3v) is 4.01. The molecule has 0 aliphatic heterocycles. The lowest BCUT2D eigenvalue weighted by Crippen LogP contribution is -1.98. The Morgan fingerprint density at radius 2 is 2.00 bits per heavy atom. The second-order valence-electron chi connectivity index (χ2n) is 3.97. The zero-order chi connectivity index (χ0) is 14.1. The Hall–Kier alpha value is -2.11. The van der Waals surface area contributed by atoms with E-state index < -0.39 is 5.97 Å². The standard InChI is InChI=1S/C14H8ClNO3S/c15-9-6-7-20-12(9)11-10(14(17)18)16-13(19-11)8-4-2-1-3-5-8/h1-7H,(H,17,18). The van der Waals surface area contributed by atoms with Crippen molar-refractivity contribution in [1.29, 1.82) is 0 Å². The number of hydrogen-bond donors (Lipinski definition) is 1. The van der Waals surface area contributed by atoms with E-state index in [1.165, 1.54) is 11.3 Å². The predicted molar refractivity (Wildman–Crippen MR) is 77.2 cm³/mol. The van der Waals surface area contributed by atoms with Crippen molar-refractivity contribution < 1.29 is 14.3 Å². The van der Waals surface area contributed by atoms with Gasteiger partial charge in [0.15, 0.2) is 11.5 Å². The van der Waals surface area contributed by atoms with Gasteiger partial charge >= 0.3 is 5.97 Å². The third-order valence-electron chi connectivity index (χ3n) is 2.67. The van der Waals surface area contributed by atoms with Crippen LogP contribution in [0.15, 0.2) is 46.2 Å². The molecule has 0 unspecified atom stereocenters. The molecule has 1 aromatic carbocycles. The normalized spacial score (nSPS) is 10.7. The van der Waals surface area contributed by atoms with E-state index >= 15 is 0 Å². The molecule has 6 heteroatoms. The van der Waals surface area contributed by atoms with Crippen LogP contribution in [0.3, 0.4) is 0 Å². The molecule has 1 N–H and O–H groups in total. The SMILES string of the molecule is O=C(O)c1nc(-c2ccccc2)oc1-c1sccc1Cl. The monoisotopic (exact) mass is 305 g/mol. The number of nitrogens with zero attached hydrogens (tertiary/aromatic N) is 1. The number of halogens is 1. The van der Waals surface area contributed by atoms with Gasteiger partial charge in [-0.3, -0.25) is 0 Å². The van der Waals surface area contributed by atoms with E-state index in [2.05, 4.69) is 4.98 Å². The molecular formula is C14H8ClNO3S. The lowest BCUT2D eigenvalue weighted by molar-refractivity contribution is 0.0691. The number of aromatic carboxylic acids is 1. The summed E-state index contributed by atoms with van der Waals surface area (Å²) in [6, 6.07) is 10.8. The Kier molecular flexibility index (Phi) is 3.30. The minimum atomic E-state index is -1.14. The number of oxazole rings is 1. The zero-order valence-corrected chi connectivity index (χ0v) is 11.6. The zero-order valence-electron chi connectivity index (χ0n) is 10.0. The molecule has 2 aromatic heterocycles. The highest BCUT2D eigenvalue weighted by Gasteiger charge is 2.24. The first-order chi connectivity index (χ1) is 9.66. The number of hydrogen-bond acceptors (Lipinski definition) is 4. The number of aromatic nitrogens is 1. The average molecular weight is 306 g/mol. The average Bonchev–Trinajstić information content (AvgIpc) is 3.05. The molecule has 3 rings (SSSR count). The molecule has 0 saturated carbocycles. The Morgan fingerprint density at radius 1 is 1.25 bits per heavy atom. The van der Waals surface area contributed by atoms with Gasteiger partial charge in [-0.05, 0) is 23.6 Å². The van der Waals surface area contributed by atoms with E-state index in [0.717, 1.165) is 0 Å². The molecular weight excluding hydrogens is 298 g/mol. The summed E-state index contributed by atoms with van der Waals surface area (Å²) in [6.07, 6.45) is 0. The number of carboxylic acid groups (broad SMARTS) is 1. The van der Waals surface area contributed by atoms with E-state index in [0.29, 0.717) is 15.5 Å². The molecule has 0 atom stereocenters. The highest BCUT2D eigenvalue weighted by atomic mass is 35.5. The fraction of sp³-hybridized carbons (Fsp3) is 0. The summed E-state index contributed by atoms with van der Waals surface area (Å²) in [7, 11) is 0. The van der Waals surface area contributed by atoms with Crippen LogP contribution in [-0.4, -0.2) is 16.1 Å². The van der Waals surface area contributed by atoms with Crippen LogP contribution in [0.25, 0.3) is 22.1 Å². The Labute approximate surface area is 123 Å². The number of thiophene rings is 1. The van der Waals surface area contributed by atoms with Gasteiger partial charge in [-0.15, -0.1) is 11.3 Å². The maximum Gasteiger partial charge on any atom is 0.358 e. The quantitative estimate of drug-likeness (QED) is 0.778. The van der Waals surface area contributed by atoms with Crippen molar-refractivity contribution in [2.24, 2.45) is 0 Å². The van der Waals surface area contributed by atoms with Gasteiger partial charge < -0.3 is 9.52 Å². The summed E-state index contributed by atoms with van der Waals surface area (Å²) in [5.74, 6) is -0.686. The van der Waals surface area contributed by atoms with Crippen molar-refractivity contribution in [2.45, 2.75) is 0 Å². The third kappa shape index (κ3) is 2.21. The first-order valence-corrected chi connectivity index (χ1v) is 6.95. The molecule has 0 radical (unpaired) electrons. The number of benzene rings is 1.